The minimum absolute atomic E-state index is 0.0643. The minimum atomic E-state index is -4.52. The first-order valence-electron chi connectivity index (χ1n) is 10.3. The number of alkyl halides is 3. The van der Waals surface area contributed by atoms with Gasteiger partial charge in [-0.15, -0.1) is 0 Å². The van der Waals surface area contributed by atoms with Gasteiger partial charge in [-0.1, -0.05) is 42.2 Å². The smallest absolute Gasteiger partial charge is 0.416 e. The van der Waals surface area contributed by atoms with Gasteiger partial charge in [0.05, 0.1) is 29.4 Å². The number of thioether (sulfide) groups is 1. The van der Waals surface area contributed by atoms with Gasteiger partial charge in [0, 0.05) is 13.1 Å². The van der Waals surface area contributed by atoms with Gasteiger partial charge in [0.1, 0.15) is 5.75 Å². The Kier molecular flexibility index (Phi) is 7.24. The third-order valence-electron chi connectivity index (χ3n) is 5.13. The van der Waals surface area contributed by atoms with Crippen LogP contribution in [0.1, 0.15) is 11.1 Å². The molecule has 0 N–H and O–H groups in total. The zero-order chi connectivity index (χ0) is 24.3. The van der Waals surface area contributed by atoms with Crippen molar-refractivity contribution in [3.63, 3.8) is 0 Å². The summed E-state index contributed by atoms with van der Waals surface area (Å²) < 4.78 is 50.1. The first-order chi connectivity index (χ1) is 16.2. The van der Waals surface area contributed by atoms with E-state index < -0.39 is 17.6 Å². The van der Waals surface area contributed by atoms with Crippen LogP contribution in [0.5, 0.6) is 5.75 Å². The lowest BCUT2D eigenvalue weighted by atomic mass is 10.1. The molecule has 2 aromatic rings. The molecule has 2 fully saturated rings. The Morgan fingerprint density at radius 1 is 1.15 bits per heavy atom. The van der Waals surface area contributed by atoms with E-state index in [0.29, 0.717) is 42.5 Å². The van der Waals surface area contributed by atoms with Gasteiger partial charge in [0.2, 0.25) is 0 Å². The molecule has 178 valence electrons. The number of benzene rings is 2. The van der Waals surface area contributed by atoms with Gasteiger partial charge in [-0.05, 0) is 42.0 Å². The summed E-state index contributed by atoms with van der Waals surface area (Å²) in [7, 11) is 0. The molecule has 0 aliphatic carbocycles. The van der Waals surface area contributed by atoms with Crippen molar-refractivity contribution >= 4 is 51.9 Å². The average molecular weight is 509 g/mol. The molecule has 4 rings (SSSR count). The zero-order valence-electron chi connectivity index (χ0n) is 17.7. The van der Waals surface area contributed by atoms with Crippen LogP contribution in [-0.2, 0) is 20.5 Å². The van der Waals surface area contributed by atoms with E-state index in [1.54, 1.807) is 35.2 Å². The number of rotatable bonds is 5. The van der Waals surface area contributed by atoms with Crippen molar-refractivity contribution in [2.45, 2.75) is 6.18 Å². The van der Waals surface area contributed by atoms with Gasteiger partial charge in [-0.2, -0.15) is 13.2 Å². The predicted octanol–water partition coefficient (Wildman–Crippen LogP) is 4.35. The first-order valence-corrected chi connectivity index (χ1v) is 11.5. The molecule has 11 heteroatoms. The highest BCUT2D eigenvalue weighted by atomic mass is 32.2. The molecule has 6 nitrogen and oxygen atoms in total. The number of nitrogens with zero attached hydrogens (tertiary/aromatic N) is 2. The van der Waals surface area contributed by atoms with Crippen LogP contribution in [0.3, 0.4) is 0 Å². The standard InChI is InChI=1S/C23H19F3N2O4S2/c24-23(25,26)16-2-1-3-17(13-16)28-21(30)19(34-22(28)33)12-15-4-6-18(7-5-15)32-14-20(29)27-8-10-31-11-9-27/h1-7,12-13H,8-11,14H2/b19-12-. The Bertz CT molecular complexity index is 1130. The molecule has 0 aromatic heterocycles. The molecule has 2 aliphatic rings. The van der Waals surface area contributed by atoms with Gasteiger partial charge < -0.3 is 14.4 Å². The molecule has 34 heavy (non-hydrogen) atoms. The molecule has 0 saturated carbocycles. The maximum Gasteiger partial charge on any atom is 0.416 e. The van der Waals surface area contributed by atoms with E-state index in [9.17, 15) is 22.8 Å². The molecule has 0 atom stereocenters. The number of halogens is 3. The van der Waals surface area contributed by atoms with E-state index in [0.717, 1.165) is 28.8 Å². The number of morpholine rings is 1. The van der Waals surface area contributed by atoms with Crippen molar-refractivity contribution in [1.29, 1.82) is 0 Å². The number of amides is 2. The normalized spacial score (nSPS) is 18.0. The van der Waals surface area contributed by atoms with Gasteiger partial charge in [0.15, 0.2) is 10.9 Å². The van der Waals surface area contributed by atoms with Crippen molar-refractivity contribution in [1.82, 2.24) is 4.90 Å². The van der Waals surface area contributed by atoms with Crippen LogP contribution < -0.4 is 9.64 Å². The first kappa shape index (κ1) is 24.2. The van der Waals surface area contributed by atoms with E-state index in [2.05, 4.69) is 0 Å². The number of hydrogen-bond donors (Lipinski definition) is 0. The second-order valence-corrected chi connectivity index (χ2v) is 9.09. The van der Waals surface area contributed by atoms with Crippen molar-refractivity contribution in [3.05, 3.63) is 64.6 Å². The molecule has 2 heterocycles. The second kappa shape index (κ2) is 10.2. The van der Waals surface area contributed by atoms with Crippen molar-refractivity contribution < 1.29 is 32.2 Å². The molecule has 2 aliphatic heterocycles. The lowest BCUT2D eigenvalue weighted by Crippen LogP contribution is -2.42. The summed E-state index contributed by atoms with van der Waals surface area (Å²) >= 11 is 6.26. The number of anilines is 1. The number of carbonyl (C=O) groups is 2. The summed E-state index contributed by atoms with van der Waals surface area (Å²) in [5, 5.41) is 0. The summed E-state index contributed by atoms with van der Waals surface area (Å²) in [5.41, 5.74) is -0.114. The Morgan fingerprint density at radius 2 is 1.85 bits per heavy atom. The lowest BCUT2D eigenvalue weighted by molar-refractivity contribution is -0.138. The Morgan fingerprint density at radius 3 is 2.53 bits per heavy atom. The molecule has 0 bridgehead atoms. The van der Waals surface area contributed by atoms with Crippen LogP contribution in [0.25, 0.3) is 6.08 Å². The molecule has 2 saturated heterocycles. The second-order valence-electron chi connectivity index (χ2n) is 7.42. The molecule has 2 aromatic carbocycles. The van der Waals surface area contributed by atoms with Gasteiger partial charge in [0.25, 0.3) is 11.8 Å². The molecule has 2 amide bonds. The zero-order valence-corrected chi connectivity index (χ0v) is 19.3. The highest BCUT2D eigenvalue weighted by Gasteiger charge is 2.36. The van der Waals surface area contributed by atoms with Crippen LogP contribution in [0.4, 0.5) is 18.9 Å². The lowest BCUT2D eigenvalue weighted by Gasteiger charge is -2.26. The average Bonchev–Trinajstić information content (AvgIpc) is 3.11. The van der Waals surface area contributed by atoms with E-state index in [1.807, 2.05) is 0 Å². The van der Waals surface area contributed by atoms with Gasteiger partial charge in [-0.3, -0.25) is 14.5 Å². The fourth-order valence-corrected chi connectivity index (χ4v) is 4.67. The topological polar surface area (TPSA) is 59.1 Å². The monoisotopic (exact) mass is 508 g/mol. The Balaban J connectivity index is 1.42. The summed E-state index contributed by atoms with van der Waals surface area (Å²) in [4.78, 5) is 28.1. The fraction of sp³-hybridized carbons (Fsp3) is 0.261. The predicted molar refractivity (Wildman–Crippen MR) is 126 cm³/mol. The number of thiocarbonyl (C=S) groups is 1. The molecular weight excluding hydrogens is 489 g/mol. The number of hydrogen-bond acceptors (Lipinski definition) is 6. The Hall–Kier alpha value is -2.89. The van der Waals surface area contributed by atoms with E-state index in [1.165, 1.54) is 12.1 Å². The summed E-state index contributed by atoms with van der Waals surface area (Å²) in [6.45, 7) is 2.02. The van der Waals surface area contributed by atoms with E-state index in [-0.39, 0.29) is 22.5 Å². The van der Waals surface area contributed by atoms with Crippen LogP contribution in [0.15, 0.2) is 53.4 Å². The van der Waals surface area contributed by atoms with Crippen molar-refractivity contribution in [2.75, 3.05) is 37.8 Å². The fourth-order valence-electron chi connectivity index (χ4n) is 3.37. The van der Waals surface area contributed by atoms with E-state index in [4.69, 9.17) is 21.7 Å². The summed E-state index contributed by atoms with van der Waals surface area (Å²) in [5.74, 6) is -0.119. The largest absolute Gasteiger partial charge is 0.484 e. The number of ether oxygens (including phenoxy) is 2. The quantitative estimate of drug-likeness (QED) is 0.442. The molecule has 0 radical (unpaired) electrons. The van der Waals surface area contributed by atoms with Crippen LogP contribution in [-0.4, -0.2) is 53.9 Å². The van der Waals surface area contributed by atoms with Gasteiger partial charge in [-0.25, -0.2) is 0 Å². The highest BCUT2D eigenvalue weighted by Crippen LogP contribution is 2.38. The molecular formula is C23H19F3N2O4S2. The van der Waals surface area contributed by atoms with Crippen molar-refractivity contribution in [3.8, 4) is 5.75 Å². The third kappa shape index (κ3) is 5.60. The molecule has 0 unspecified atom stereocenters. The number of carbonyl (C=O) groups excluding carboxylic acids is 2. The maximum atomic E-state index is 13.1. The Labute approximate surface area is 203 Å². The highest BCUT2D eigenvalue weighted by molar-refractivity contribution is 8.27. The van der Waals surface area contributed by atoms with Crippen LogP contribution in [0.2, 0.25) is 0 Å². The van der Waals surface area contributed by atoms with Crippen molar-refractivity contribution in [2.24, 2.45) is 0 Å². The SMILES string of the molecule is O=C(COc1ccc(/C=C2\SC(=S)N(c3cccc(C(F)(F)F)c3)C2=O)cc1)N1CCOCC1. The summed E-state index contributed by atoms with van der Waals surface area (Å²) in [6.07, 6.45) is -2.92. The summed E-state index contributed by atoms with van der Waals surface area (Å²) in [6, 6.07) is 11.3. The third-order valence-corrected chi connectivity index (χ3v) is 6.43. The van der Waals surface area contributed by atoms with Gasteiger partial charge >= 0.3 is 6.18 Å². The van der Waals surface area contributed by atoms with Crippen LogP contribution >= 0.6 is 24.0 Å². The maximum absolute atomic E-state index is 13.1. The van der Waals surface area contributed by atoms with Crippen LogP contribution in [0, 0.1) is 0 Å². The van der Waals surface area contributed by atoms with E-state index >= 15 is 0 Å². The molecule has 0 spiro atoms. The minimum Gasteiger partial charge on any atom is -0.484 e.